The highest BCUT2D eigenvalue weighted by atomic mass is 16.1. The van der Waals surface area contributed by atoms with E-state index in [-0.39, 0.29) is 34.2 Å². The van der Waals surface area contributed by atoms with E-state index in [1.54, 1.807) is 7.05 Å². The molecule has 7 nitrogen and oxygen atoms in total. The van der Waals surface area contributed by atoms with Crippen LogP contribution >= 0.6 is 0 Å². The minimum Gasteiger partial charge on any atom is -0.384 e. The molecule has 0 radical (unpaired) electrons. The lowest BCUT2D eigenvalue weighted by Crippen LogP contribution is -2.59. The maximum absolute atomic E-state index is 12.7. The van der Waals surface area contributed by atoms with Crippen LogP contribution in [0.2, 0.25) is 0 Å². The van der Waals surface area contributed by atoms with E-state index < -0.39 is 0 Å². The second-order valence-electron chi connectivity index (χ2n) is 6.36. The van der Waals surface area contributed by atoms with Gasteiger partial charge in [0.1, 0.15) is 16.5 Å². The zero-order chi connectivity index (χ0) is 16.8. The number of nitrogens with zero attached hydrogens (tertiary/aromatic N) is 3. The number of nitrogens with two attached hydrogens (primary N) is 1. The zero-order valence-corrected chi connectivity index (χ0v) is 13.5. The Kier molecular flexibility index (Phi) is 3.30. The summed E-state index contributed by atoms with van der Waals surface area (Å²) in [6.45, 7) is 0. The molecule has 2 heterocycles. The molecule has 0 amide bonds. The Bertz CT molecular complexity index is 1030. The first-order valence-corrected chi connectivity index (χ1v) is 8.13. The number of benzene rings is 1. The number of hydrogen-bond donors (Lipinski definition) is 3. The molecule has 4 rings (SSSR count). The van der Waals surface area contributed by atoms with Crippen molar-refractivity contribution in [2.45, 2.75) is 31.3 Å². The Hall–Kier alpha value is -2.83. The quantitative estimate of drug-likeness (QED) is 0.696. The molecular formula is C17H20N6O. The van der Waals surface area contributed by atoms with Gasteiger partial charge in [0, 0.05) is 12.7 Å². The molecule has 1 aromatic heterocycles. The number of fused-ring (bicyclic) bond motifs is 3. The average Bonchev–Trinajstić information content (AvgIpc) is 3.14. The number of anilines is 1. The van der Waals surface area contributed by atoms with Crippen LogP contribution in [0.4, 0.5) is 5.69 Å². The lowest BCUT2D eigenvalue weighted by atomic mass is 10.2. The van der Waals surface area contributed by atoms with Crippen molar-refractivity contribution in [1.29, 1.82) is 5.41 Å². The van der Waals surface area contributed by atoms with Crippen molar-refractivity contribution in [1.82, 2.24) is 9.13 Å². The van der Waals surface area contributed by atoms with Crippen LogP contribution in [-0.4, -0.2) is 15.2 Å². The molecular weight excluding hydrogens is 304 g/mol. The molecule has 1 fully saturated rings. The van der Waals surface area contributed by atoms with Crippen LogP contribution in [0.5, 0.6) is 0 Å². The van der Waals surface area contributed by atoms with E-state index in [0.29, 0.717) is 5.62 Å². The number of para-hydroxylation sites is 1. The van der Waals surface area contributed by atoms with Crippen molar-refractivity contribution >= 4 is 11.5 Å². The van der Waals surface area contributed by atoms with Gasteiger partial charge in [-0.3, -0.25) is 19.3 Å². The molecule has 2 atom stereocenters. The van der Waals surface area contributed by atoms with Gasteiger partial charge in [0.2, 0.25) is 5.62 Å². The Labute approximate surface area is 138 Å². The Morgan fingerprint density at radius 2 is 2.08 bits per heavy atom. The molecule has 0 bridgehead atoms. The Morgan fingerprint density at radius 1 is 1.33 bits per heavy atom. The monoisotopic (exact) mass is 324 g/mol. The predicted molar refractivity (Wildman–Crippen MR) is 90.6 cm³/mol. The van der Waals surface area contributed by atoms with Crippen LogP contribution < -0.4 is 32.9 Å². The van der Waals surface area contributed by atoms with Gasteiger partial charge in [-0.2, -0.15) is 0 Å². The first kappa shape index (κ1) is 14.7. The molecule has 24 heavy (non-hydrogen) atoms. The molecule has 124 valence electrons. The van der Waals surface area contributed by atoms with Gasteiger partial charge in [0.25, 0.3) is 5.56 Å². The summed E-state index contributed by atoms with van der Waals surface area (Å²) in [6.07, 6.45) is 3.10. The lowest BCUT2D eigenvalue weighted by Gasteiger charge is -2.14. The third-order valence-corrected chi connectivity index (χ3v) is 4.89. The SMILES string of the molecule is Cn1c(=O)/c(=C(/N)Nc2ccccc2)c(=N)n2c1=NC1CCCC12. The van der Waals surface area contributed by atoms with Gasteiger partial charge < -0.3 is 11.1 Å². The topological polar surface area (TPSA) is 101 Å². The second-order valence-corrected chi connectivity index (χ2v) is 6.36. The highest BCUT2D eigenvalue weighted by molar-refractivity contribution is 5.61. The van der Waals surface area contributed by atoms with Crippen LogP contribution in [0, 0.1) is 5.41 Å². The summed E-state index contributed by atoms with van der Waals surface area (Å²) in [7, 11) is 1.69. The average molecular weight is 324 g/mol. The van der Waals surface area contributed by atoms with Crippen LogP contribution in [0.1, 0.15) is 25.3 Å². The summed E-state index contributed by atoms with van der Waals surface area (Å²) in [5.74, 6) is 0.198. The van der Waals surface area contributed by atoms with Crippen LogP contribution in [0.15, 0.2) is 40.1 Å². The summed E-state index contributed by atoms with van der Waals surface area (Å²) < 4.78 is 3.37. The van der Waals surface area contributed by atoms with Gasteiger partial charge >= 0.3 is 0 Å². The summed E-state index contributed by atoms with van der Waals surface area (Å²) in [6, 6.07) is 9.75. The van der Waals surface area contributed by atoms with Gasteiger partial charge in [-0.15, -0.1) is 0 Å². The molecule has 1 saturated carbocycles. The van der Waals surface area contributed by atoms with Gasteiger partial charge in [0.05, 0.1) is 12.1 Å². The second kappa shape index (κ2) is 5.36. The fourth-order valence-corrected chi connectivity index (χ4v) is 3.71. The predicted octanol–water partition coefficient (Wildman–Crippen LogP) is -0.470. The van der Waals surface area contributed by atoms with Crippen LogP contribution in [0.25, 0.3) is 5.82 Å². The van der Waals surface area contributed by atoms with Crippen LogP contribution in [-0.2, 0) is 7.05 Å². The third-order valence-electron chi connectivity index (χ3n) is 4.89. The zero-order valence-electron chi connectivity index (χ0n) is 13.5. The molecule has 2 unspecified atom stereocenters. The smallest absolute Gasteiger partial charge is 0.267 e. The Balaban J connectivity index is 1.96. The van der Waals surface area contributed by atoms with Gasteiger partial charge in [-0.1, -0.05) is 18.2 Å². The maximum atomic E-state index is 12.7. The molecule has 0 spiro atoms. The number of hydrogen-bond acceptors (Lipinski definition) is 5. The summed E-state index contributed by atoms with van der Waals surface area (Å²) in [5, 5.41) is 11.8. The standard InChI is InChI=1S/C17H20N6O/c1-22-16(24)13(14(18)20-10-6-3-2-4-7-10)15(19)23-12-9-5-8-11(12)21-17(22)23/h2-4,6-7,11-12,19-20H,5,8-9,18H2,1H3/b14-13-,19-15?. The largest absolute Gasteiger partial charge is 0.384 e. The van der Waals surface area contributed by atoms with Crippen molar-refractivity contribution in [3.05, 3.63) is 57.0 Å². The van der Waals surface area contributed by atoms with Crippen molar-refractivity contribution in [3.63, 3.8) is 0 Å². The van der Waals surface area contributed by atoms with Crippen molar-refractivity contribution < 1.29 is 0 Å². The van der Waals surface area contributed by atoms with Gasteiger partial charge in [0.15, 0.2) is 0 Å². The van der Waals surface area contributed by atoms with E-state index in [1.807, 2.05) is 34.9 Å². The molecule has 1 aliphatic heterocycles. The van der Waals surface area contributed by atoms with E-state index in [9.17, 15) is 4.79 Å². The fraction of sp³-hybridized carbons (Fsp3) is 0.353. The van der Waals surface area contributed by atoms with E-state index in [2.05, 4.69) is 10.3 Å². The normalized spacial score (nSPS) is 22.5. The molecule has 1 aliphatic carbocycles. The first-order valence-electron chi connectivity index (χ1n) is 8.13. The Morgan fingerprint density at radius 3 is 2.83 bits per heavy atom. The van der Waals surface area contributed by atoms with E-state index >= 15 is 0 Å². The van der Waals surface area contributed by atoms with E-state index in [1.165, 1.54) is 4.57 Å². The third kappa shape index (κ3) is 2.08. The molecule has 2 aromatic rings. The molecule has 2 aliphatic rings. The number of nitrogens with one attached hydrogen (secondary N) is 2. The number of rotatable bonds is 2. The van der Waals surface area contributed by atoms with Crippen molar-refractivity contribution in [3.8, 4) is 0 Å². The van der Waals surface area contributed by atoms with E-state index in [0.717, 1.165) is 24.9 Å². The molecule has 4 N–H and O–H groups in total. The van der Waals surface area contributed by atoms with Crippen LogP contribution in [0.3, 0.4) is 0 Å². The maximum Gasteiger partial charge on any atom is 0.267 e. The van der Waals surface area contributed by atoms with Gasteiger partial charge in [-0.25, -0.2) is 4.99 Å². The van der Waals surface area contributed by atoms with E-state index in [4.69, 9.17) is 11.1 Å². The minimum absolute atomic E-state index is 0.146. The van der Waals surface area contributed by atoms with Crippen molar-refractivity contribution in [2.75, 3.05) is 5.32 Å². The molecule has 0 saturated heterocycles. The summed E-state index contributed by atoms with van der Waals surface area (Å²) >= 11 is 0. The highest BCUT2D eigenvalue weighted by Crippen LogP contribution is 2.32. The first-order chi connectivity index (χ1) is 11.6. The summed E-state index contributed by atoms with van der Waals surface area (Å²) in [4.78, 5) is 17.4. The molecule has 1 aromatic carbocycles. The summed E-state index contributed by atoms with van der Waals surface area (Å²) in [5.41, 5.74) is 7.37. The highest BCUT2D eigenvalue weighted by Gasteiger charge is 2.34. The minimum atomic E-state index is -0.295. The van der Waals surface area contributed by atoms with Gasteiger partial charge in [-0.05, 0) is 31.4 Å². The molecule has 7 heteroatoms. The number of aromatic nitrogens is 2. The van der Waals surface area contributed by atoms with Crippen molar-refractivity contribution in [2.24, 2.45) is 17.8 Å². The fourth-order valence-electron chi connectivity index (χ4n) is 3.71. The lowest BCUT2D eigenvalue weighted by molar-refractivity contribution is 0.465.